The average Bonchev–Trinajstić information content (AvgIpc) is 2.27. The third-order valence-corrected chi connectivity index (χ3v) is 3.09. The zero-order chi connectivity index (χ0) is 12.7. The van der Waals surface area contributed by atoms with Gasteiger partial charge in [-0.2, -0.15) is 0 Å². The molecule has 0 saturated heterocycles. The lowest BCUT2D eigenvalue weighted by molar-refractivity contribution is 0.470. The number of rotatable bonds is 7. The van der Waals surface area contributed by atoms with E-state index in [1.54, 1.807) is 0 Å². The summed E-state index contributed by atoms with van der Waals surface area (Å²) in [6.07, 6.45) is 2.47. The molecule has 0 aromatic heterocycles. The summed E-state index contributed by atoms with van der Waals surface area (Å²) in [5, 5.41) is 3.56. The molecule has 1 rings (SSSR count). The van der Waals surface area contributed by atoms with Gasteiger partial charge < -0.3 is 5.32 Å². The SMILES string of the molecule is CCCNCC(CC(C)C)c1cccc(C)c1. The summed E-state index contributed by atoms with van der Waals surface area (Å²) >= 11 is 0. The van der Waals surface area contributed by atoms with Gasteiger partial charge in [0, 0.05) is 6.54 Å². The van der Waals surface area contributed by atoms with E-state index in [1.807, 2.05) is 0 Å². The van der Waals surface area contributed by atoms with E-state index in [9.17, 15) is 0 Å². The molecular weight excluding hydrogens is 206 g/mol. The lowest BCUT2D eigenvalue weighted by atomic mass is 9.89. The van der Waals surface area contributed by atoms with Crippen LogP contribution in [0.4, 0.5) is 0 Å². The first-order valence-electron chi connectivity index (χ1n) is 6.90. The summed E-state index contributed by atoms with van der Waals surface area (Å²) in [6, 6.07) is 8.96. The fourth-order valence-electron chi connectivity index (χ4n) is 2.28. The van der Waals surface area contributed by atoms with E-state index in [0.717, 1.165) is 19.0 Å². The summed E-state index contributed by atoms with van der Waals surface area (Å²) in [4.78, 5) is 0. The predicted molar refractivity (Wildman–Crippen MR) is 76.5 cm³/mol. The molecular formula is C16H27N. The Bertz CT molecular complexity index is 317. The first-order chi connectivity index (χ1) is 8.13. The van der Waals surface area contributed by atoms with Crippen LogP contribution < -0.4 is 5.32 Å². The molecule has 0 heterocycles. The quantitative estimate of drug-likeness (QED) is 0.698. The second-order valence-electron chi connectivity index (χ2n) is 5.44. The lowest BCUT2D eigenvalue weighted by Crippen LogP contribution is -2.23. The fourth-order valence-corrected chi connectivity index (χ4v) is 2.28. The van der Waals surface area contributed by atoms with Crippen LogP contribution in [-0.2, 0) is 0 Å². The van der Waals surface area contributed by atoms with Gasteiger partial charge in [-0.15, -0.1) is 0 Å². The maximum Gasteiger partial charge on any atom is 0.00202 e. The third kappa shape index (κ3) is 5.36. The number of hydrogen-bond donors (Lipinski definition) is 1. The van der Waals surface area contributed by atoms with Gasteiger partial charge in [0.1, 0.15) is 0 Å². The van der Waals surface area contributed by atoms with Crippen LogP contribution in [0.1, 0.15) is 50.7 Å². The molecule has 0 amide bonds. The molecule has 96 valence electrons. The molecule has 0 aliphatic heterocycles. The molecule has 0 aliphatic rings. The van der Waals surface area contributed by atoms with Gasteiger partial charge in [0.15, 0.2) is 0 Å². The maximum absolute atomic E-state index is 3.56. The Morgan fingerprint density at radius 3 is 2.59 bits per heavy atom. The average molecular weight is 233 g/mol. The zero-order valence-corrected chi connectivity index (χ0v) is 11.8. The van der Waals surface area contributed by atoms with Crippen molar-refractivity contribution >= 4 is 0 Å². The van der Waals surface area contributed by atoms with Crippen LogP contribution in [0.3, 0.4) is 0 Å². The summed E-state index contributed by atoms with van der Waals surface area (Å²) in [5.41, 5.74) is 2.86. The second kappa shape index (κ2) is 7.50. The minimum Gasteiger partial charge on any atom is -0.316 e. The predicted octanol–water partition coefficient (Wildman–Crippen LogP) is 4.12. The fraction of sp³-hybridized carbons (Fsp3) is 0.625. The molecule has 1 aromatic carbocycles. The summed E-state index contributed by atoms with van der Waals surface area (Å²) in [5.74, 6) is 1.41. The third-order valence-electron chi connectivity index (χ3n) is 3.09. The van der Waals surface area contributed by atoms with Crippen molar-refractivity contribution in [2.75, 3.05) is 13.1 Å². The standard InChI is InChI=1S/C16H27N/c1-5-9-17-12-16(10-13(2)3)15-8-6-7-14(4)11-15/h6-8,11,13,16-17H,5,9-10,12H2,1-4H3. The van der Waals surface area contributed by atoms with Gasteiger partial charge in [0.05, 0.1) is 0 Å². The van der Waals surface area contributed by atoms with Crippen molar-refractivity contribution in [3.63, 3.8) is 0 Å². The molecule has 1 heteroatoms. The Hall–Kier alpha value is -0.820. The molecule has 17 heavy (non-hydrogen) atoms. The van der Waals surface area contributed by atoms with Gasteiger partial charge in [-0.3, -0.25) is 0 Å². The molecule has 1 atom stereocenters. The monoisotopic (exact) mass is 233 g/mol. The van der Waals surface area contributed by atoms with E-state index < -0.39 is 0 Å². The number of nitrogens with one attached hydrogen (secondary N) is 1. The number of aryl methyl sites for hydroxylation is 1. The second-order valence-corrected chi connectivity index (χ2v) is 5.44. The Morgan fingerprint density at radius 1 is 1.24 bits per heavy atom. The molecule has 0 saturated carbocycles. The van der Waals surface area contributed by atoms with E-state index in [0.29, 0.717) is 5.92 Å². The Morgan fingerprint density at radius 2 is 2.00 bits per heavy atom. The van der Waals surface area contributed by atoms with E-state index in [4.69, 9.17) is 0 Å². The largest absolute Gasteiger partial charge is 0.316 e. The van der Waals surface area contributed by atoms with Crippen LogP contribution in [0.5, 0.6) is 0 Å². The van der Waals surface area contributed by atoms with Crippen molar-refractivity contribution in [2.24, 2.45) is 5.92 Å². The first kappa shape index (κ1) is 14.2. The first-order valence-corrected chi connectivity index (χ1v) is 6.90. The zero-order valence-electron chi connectivity index (χ0n) is 11.8. The van der Waals surface area contributed by atoms with Crippen molar-refractivity contribution in [3.05, 3.63) is 35.4 Å². The van der Waals surface area contributed by atoms with Crippen molar-refractivity contribution in [3.8, 4) is 0 Å². The highest BCUT2D eigenvalue weighted by Crippen LogP contribution is 2.23. The molecule has 1 N–H and O–H groups in total. The summed E-state index contributed by atoms with van der Waals surface area (Å²) < 4.78 is 0. The molecule has 1 aromatic rings. The van der Waals surface area contributed by atoms with Crippen LogP contribution in [0.25, 0.3) is 0 Å². The topological polar surface area (TPSA) is 12.0 Å². The summed E-state index contributed by atoms with van der Waals surface area (Å²) in [6.45, 7) is 11.2. The molecule has 0 radical (unpaired) electrons. The van der Waals surface area contributed by atoms with Gasteiger partial charge in [0.2, 0.25) is 0 Å². The van der Waals surface area contributed by atoms with E-state index in [-0.39, 0.29) is 0 Å². The van der Waals surface area contributed by atoms with Gasteiger partial charge in [-0.25, -0.2) is 0 Å². The number of hydrogen-bond acceptors (Lipinski definition) is 1. The normalized spacial score (nSPS) is 13.0. The van der Waals surface area contributed by atoms with Gasteiger partial charge >= 0.3 is 0 Å². The highest BCUT2D eigenvalue weighted by atomic mass is 14.8. The number of benzene rings is 1. The molecule has 0 fully saturated rings. The van der Waals surface area contributed by atoms with Gasteiger partial charge in [-0.1, -0.05) is 50.6 Å². The van der Waals surface area contributed by atoms with Gasteiger partial charge in [0.25, 0.3) is 0 Å². The van der Waals surface area contributed by atoms with Crippen LogP contribution >= 0.6 is 0 Å². The maximum atomic E-state index is 3.56. The van der Waals surface area contributed by atoms with E-state index in [1.165, 1.54) is 24.0 Å². The molecule has 0 spiro atoms. The Labute approximate surface area is 107 Å². The van der Waals surface area contributed by atoms with Crippen LogP contribution in [0, 0.1) is 12.8 Å². The highest BCUT2D eigenvalue weighted by molar-refractivity contribution is 5.25. The minimum absolute atomic E-state index is 0.654. The van der Waals surface area contributed by atoms with Crippen molar-refractivity contribution in [1.82, 2.24) is 5.32 Å². The summed E-state index contributed by atoms with van der Waals surface area (Å²) in [7, 11) is 0. The van der Waals surface area contributed by atoms with Crippen molar-refractivity contribution < 1.29 is 0 Å². The molecule has 0 bridgehead atoms. The Balaban J connectivity index is 2.67. The van der Waals surface area contributed by atoms with Crippen molar-refractivity contribution in [1.29, 1.82) is 0 Å². The van der Waals surface area contributed by atoms with E-state index >= 15 is 0 Å². The van der Waals surface area contributed by atoms with Crippen molar-refractivity contribution in [2.45, 2.75) is 46.5 Å². The smallest absolute Gasteiger partial charge is 0.00202 e. The molecule has 1 unspecified atom stereocenters. The van der Waals surface area contributed by atoms with Gasteiger partial charge in [-0.05, 0) is 43.7 Å². The lowest BCUT2D eigenvalue weighted by Gasteiger charge is -2.20. The molecule has 0 aliphatic carbocycles. The van der Waals surface area contributed by atoms with Crippen LogP contribution in [-0.4, -0.2) is 13.1 Å². The Kier molecular flexibility index (Phi) is 6.28. The van der Waals surface area contributed by atoms with Crippen LogP contribution in [0.15, 0.2) is 24.3 Å². The van der Waals surface area contributed by atoms with E-state index in [2.05, 4.69) is 57.3 Å². The van der Waals surface area contributed by atoms with Crippen LogP contribution in [0.2, 0.25) is 0 Å². The molecule has 1 nitrogen and oxygen atoms in total. The highest BCUT2D eigenvalue weighted by Gasteiger charge is 2.12. The minimum atomic E-state index is 0.654.